The van der Waals surface area contributed by atoms with Gasteiger partial charge in [-0.1, -0.05) is 18.2 Å². The first kappa shape index (κ1) is 16.5. The van der Waals surface area contributed by atoms with Crippen LogP contribution in [0.4, 0.5) is 5.69 Å². The van der Waals surface area contributed by atoms with Crippen molar-refractivity contribution >= 4 is 45.9 Å². The molecule has 1 amide bonds. The van der Waals surface area contributed by atoms with Crippen LogP contribution in [0.5, 0.6) is 5.75 Å². The van der Waals surface area contributed by atoms with Crippen molar-refractivity contribution in [1.82, 2.24) is 5.32 Å². The zero-order chi connectivity index (χ0) is 18.0. The van der Waals surface area contributed by atoms with Crippen LogP contribution < -0.4 is 10.6 Å². The van der Waals surface area contributed by atoms with Gasteiger partial charge in [-0.05, 0) is 36.5 Å². The molecule has 0 unspecified atom stereocenters. The number of aromatic carboxylic acids is 1. The van der Waals surface area contributed by atoms with Gasteiger partial charge in [-0.15, -0.1) is 0 Å². The molecule has 0 saturated heterocycles. The molecule has 2 aromatic carbocycles. The highest BCUT2D eigenvalue weighted by atomic mass is 32.1. The van der Waals surface area contributed by atoms with Crippen LogP contribution in [0.25, 0.3) is 11.0 Å². The van der Waals surface area contributed by atoms with E-state index in [1.807, 2.05) is 12.1 Å². The summed E-state index contributed by atoms with van der Waals surface area (Å²) in [5.41, 5.74) is 0.681. The molecule has 3 aromatic rings. The van der Waals surface area contributed by atoms with Crippen molar-refractivity contribution in [2.24, 2.45) is 0 Å². The van der Waals surface area contributed by atoms with Gasteiger partial charge in [0.25, 0.3) is 5.91 Å². The van der Waals surface area contributed by atoms with E-state index in [9.17, 15) is 14.7 Å². The van der Waals surface area contributed by atoms with Gasteiger partial charge >= 0.3 is 5.97 Å². The van der Waals surface area contributed by atoms with Crippen LogP contribution in [0.3, 0.4) is 0 Å². The smallest absolute Gasteiger partial charge is 0.339 e. The van der Waals surface area contributed by atoms with E-state index >= 15 is 0 Å². The number of rotatable bonds is 3. The van der Waals surface area contributed by atoms with Crippen molar-refractivity contribution in [3.63, 3.8) is 0 Å². The number of carboxylic acid groups (broad SMARTS) is 1. The first-order chi connectivity index (χ1) is 11.9. The molecule has 0 radical (unpaired) electrons. The highest BCUT2D eigenvalue weighted by Crippen LogP contribution is 2.22. The van der Waals surface area contributed by atoms with Crippen molar-refractivity contribution in [3.8, 4) is 5.75 Å². The van der Waals surface area contributed by atoms with E-state index in [1.54, 1.807) is 18.2 Å². The van der Waals surface area contributed by atoms with Crippen molar-refractivity contribution in [1.29, 1.82) is 0 Å². The molecule has 0 bridgehead atoms. The molecule has 8 heteroatoms. The predicted octanol–water partition coefficient (Wildman–Crippen LogP) is 2.96. The van der Waals surface area contributed by atoms with Gasteiger partial charge in [0.05, 0.1) is 0 Å². The van der Waals surface area contributed by atoms with Crippen LogP contribution >= 0.6 is 12.2 Å². The molecule has 0 atom stereocenters. The Labute approximate surface area is 146 Å². The standard InChI is InChI=1S/C17H12N2O5S/c20-12-8-10(5-6-11(12)16(22)23)18-17(25)19-15(21)14-7-9-3-1-2-4-13(9)24-14/h1-8,20H,(H,22,23)(H2,18,19,21,25). The maximum absolute atomic E-state index is 12.2. The predicted molar refractivity (Wildman–Crippen MR) is 95.0 cm³/mol. The minimum atomic E-state index is -1.25. The Morgan fingerprint density at radius 2 is 1.84 bits per heavy atom. The Balaban J connectivity index is 1.68. The van der Waals surface area contributed by atoms with E-state index in [0.717, 1.165) is 5.39 Å². The molecule has 126 valence electrons. The number of benzene rings is 2. The summed E-state index contributed by atoms with van der Waals surface area (Å²) in [6, 6.07) is 12.6. The van der Waals surface area contributed by atoms with Crippen LogP contribution in [0.2, 0.25) is 0 Å². The van der Waals surface area contributed by atoms with E-state index in [0.29, 0.717) is 11.3 Å². The number of thiocarbonyl (C=S) groups is 1. The Kier molecular flexibility index (Phi) is 4.36. The molecule has 4 N–H and O–H groups in total. The fraction of sp³-hybridized carbons (Fsp3) is 0. The second-order valence-electron chi connectivity index (χ2n) is 5.09. The highest BCUT2D eigenvalue weighted by molar-refractivity contribution is 7.80. The topological polar surface area (TPSA) is 112 Å². The maximum atomic E-state index is 12.2. The van der Waals surface area contributed by atoms with Gasteiger partial charge in [0.2, 0.25) is 0 Å². The van der Waals surface area contributed by atoms with Gasteiger partial charge in [0, 0.05) is 17.1 Å². The monoisotopic (exact) mass is 356 g/mol. The van der Waals surface area contributed by atoms with Crippen molar-refractivity contribution in [2.75, 3.05) is 5.32 Å². The second kappa shape index (κ2) is 6.62. The lowest BCUT2D eigenvalue weighted by Gasteiger charge is -2.09. The third-order valence-corrected chi connectivity index (χ3v) is 3.57. The quantitative estimate of drug-likeness (QED) is 0.534. The fourth-order valence-corrected chi connectivity index (χ4v) is 2.42. The normalized spacial score (nSPS) is 10.4. The van der Waals surface area contributed by atoms with E-state index < -0.39 is 17.6 Å². The van der Waals surface area contributed by atoms with E-state index in [4.69, 9.17) is 21.7 Å². The number of carbonyl (C=O) groups is 2. The molecular formula is C17H12N2O5S. The summed E-state index contributed by atoms with van der Waals surface area (Å²) < 4.78 is 5.44. The van der Waals surface area contributed by atoms with Gasteiger partial charge in [0.1, 0.15) is 16.9 Å². The number of para-hydroxylation sites is 1. The zero-order valence-corrected chi connectivity index (χ0v) is 13.5. The minimum absolute atomic E-state index is 0.0204. The van der Waals surface area contributed by atoms with E-state index in [1.165, 1.54) is 18.2 Å². The Morgan fingerprint density at radius 3 is 2.52 bits per heavy atom. The number of hydrogen-bond donors (Lipinski definition) is 4. The zero-order valence-electron chi connectivity index (χ0n) is 12.6. The molecule has 1 aromatic heterocycles. The average molecular weight is 356 g/mol. The number of fused-ring (bicyclic) bond motifs is 1. The number of nitrogens with one attached hydrogen (secondary N) is 2. The van der Waals surface area contributed by atoms with Crippen molar-refractivity contribution in [3.05, 3.63) is 59.9 Å². The lowest BCUT2D eigenvalue weighted by molar-refractivity contribution is 0.0693. The molecule has 0 saturated carbocycles. The number of carbonyl (C=O) groups excluding carboxylic acids is 1. The third kappa shape index (κ3) is 3.59. The molecule has 0 spiro atoms. The number of carboxylic acids is 1. The first-order valence-electron chi connectivity index (χ1n) is 7.11. The number of furan rings is 1. The van der Waals surface area contributed by atoms with Crippen LogP contribution in [0.15, 0.2) is 52.9 Å². The lowest BCUT2D eigenvalue weighted by Crippen LogP contribution is -2.33. The van der Waals surface area contributed by atoms with Gasteiger partial charge in [0.15, 0.2) is 10.9 Å². The Hall–Kier alpha value is -3.39. The molecule has 3 rings (SSSR count). The van der Waals surface area contributed by atoms with Gasteiger partial charge in [-0.25, -0.2) is 4.79 Å². The molecule has 1 heterocycles. The summed E-state index contributed by atoms with van der Waals surface area (Å²) in [6.45, 7) is 0. The number of amides is 1. The molecule has 0 aliphatic carbocycles. The number of hydrogen-bond acceptors (Lipinski definition) is 5. The Morgan fingerprint density at radius 1 is 1.08 bits per heavy atom. The third-order valence-electron chi connectivity index (χ3n) is 3.36. The molecule has 0 fully saturated rings. The van der Waals surface area contributed by atoms with Crippen molar-refractivity contribution in [2.45, 2.75) is 0 Å². The maximum Gasteiger partial charge on any atom is 0.339 e. The SMILES string of the molecule is O=C(NC(=S)Nc1ccc(C(=O)O)c(O)c1)c1cc2ccccc2o1. The van der Waals surface area contributed by atoms with E-state index in [-0.39, 0.29) is 16.4 Å². The second-order valence-corrected chi connectivity index (χ2v) is 5.50. The molecule has 25 heavy (non-hydrogen) atoms. The van der Waals surface area contributed by atoms with Crippen LogP contribution in [-0.4, -0.2) is 27.2 Å². The minimum Gasteiger partial charge on any atom is -0.507 e. The fourth-order valence-electron chi connectivity index (χ4n) is 2.21. The largest absolute Gasteiger partial charge is 0.507 e. The summed E-state index contributed by atoms with van der Waals surface area (Å²) in [7, 11) is 0. The molecular weight excluding hydrogens is 344 g/mol. The summed E-state index contributed by atoms with van der Waals surface area (Å²) in [5.74, 6) is -2.08. The first-order valence-corrected chi connectivity index (χ1v) is 7.52. The summed E-state index contributed by atoms with van der Waals surface area (Å²) in [6.07, 6.45) is 0. The van der Waals surface area contributed by atoms with Gasteiger partial charge < -0.3 is 19.9 Å². The van der Waals surface area contributed by atoms with Gasteiger partial charge in [-0.3, -0.25) is 10.1 Å². The van der Waals surface area contributed by atoms with Crippen LogP contribution in [-0.2, 0) is 0 Å². The summed E-state index contributed by atoms with van der Waals surface area (Å²) in [5, 5.41) is 24.4. The van der Waals surface area contributed by atoms with E-state index in [2.05, 4.69) is 10.6 Å². The molecule has 0 aliphatic heterocycles. The van der Waals surface area contributed by atoms with Crippen LogP contribution in [0.1, 0.15) is 20.9 Å². The Bertz CT molecular complexity index is 963. The number of phenols is 1. The molecule has 7 nitrogen and oxygen atoms in total. The average Bonchev–Trinajstić information content (AvgIpc) is 2.98. The summed E-state index contributed by atoms with van der Waals surface area (Å²) in [4.78, 5) is 23.0. The highest BCUT2D eigenvalue weighted by Gasteiger charge is 2.14. The lowest BCUT2D eigenvalue weighted by atomic mass is 10.2. The van der Waals surface area contributed by atoms with Crippen LogP contribution in [0, 0.1) is 0 Å². The van der Waals surface area contributed by atoms with Crippen molar-refractivity contribution < 1.29 is 24.2 Å². The number of aromatic hydroxyl groups is 1. The molecule has 0 aliphatic rings. The van der Waals surface area contributed by atoms with Gasteiger partial charge in [-0.2, -0.15) is 0 Å². The summed E-state index contributed by atoms with van der Waals surface area (Å²) >= 11 is 5.04. The number of anilines is 1.